The maximum Gasteiger partial charge on any atom is 0.264 e. The second-order valence-corrected chi connectivity index (χ2v) is 13.0. The van der Waals surface area contributed by atoms with Crippen LogP contribution in [0.4, 0.5) is 5.69 Å². The van der Waals surface area contributed by atoms with Gasteiger partial charge in [0.15, 0.2) is 0 Å². The summed E-state index contributed by atoms with van der Waals surface area (Å²) in [6, 6.07) is 20.0. The van der Waals surface area contributed by atoms with E-state index in [1.807, 2.05) is 65.8 Å². The van der Waals surface area contributed by atoms with Gasteiger partial charge in [-0.2, -0.15) is 0 Å². The highest BCUT2D eigenvalue weighted by atomic mass is 32.2. The molecule has 220 valence electrons. The van der Waals surface area contributed by atoms with Crippen molar-refractivity contribution in [2.75, 3.05) is 18.0 Å². The number of nitrogens with one attached hydrogen (secondary N) is 1. The number of sulfonamides is 1. The minimum absolute atomic E-state index is 0.0457. The van der Waals surface area contributed by atoms with Crippen LogP contribution in [0.3, 0.4) is 0 Å². The summed E-state index contributed by atoms with van der Waals surface area (Å²) in [6.07, 6.45) is 0.346. The molecule has 2 amide bonds. The first-order chi connectivity index (χ1) is 19.3. The van der Waals surface area contributed by atoms with Crippen molar-refractivity contribution in [1.29, 1.82) is 0 Å². The first-order valence-electron chi connectivity index (χ1n) is 13.7. The fraction of sp³-hybridized carbons (Fsp3) is 0.375. The molecule has 0 aliphatic carbocycles. The molecule has 0 saturated heterocycles. The van der Waals surface area contributed by atoms with Gasteiger partial charge in [0.1, 0.15) is 18.3 Å². The van der Waals surface area contributed by atoms with E-state index in [4.69, 9.17) is 4.74 Å². The standard InChI is InChI=1S/C32H41N3O5S/c1-8-27(31(37)33-32(4,5)6)34(21-25-17-13-23(2)14-18-25)30(36)22-35(28-11-9-10-12-29(28)40-7)41(38,39)26-19-15-24(3)16-20-26/h9-20,27H,8,21-22H2,1-7H3,(H,33,37). The lowest BCUT2D eigenvalue weighted by molar-refractivity contribution is -0.141. The number of para-hydroxylation sites is 2. The number of amides is 2. The molecule has 1 unspecified atom stereocenters. The molecule has 3 rings (SSSR count). The van der Waals surface area contributed by atoms with E-state index in [1.54, 1.807) is 36.4 Å². The second-order valence-electron chi connectivity index (χ2n) is 11.2. The van der Waals surface area contributed by atoms with Crippen molar-refractivity contribution in [3.05, 3.63) is 89.5 Å². The Kier molecular flexibility index (Phi) is 10.2. The van der Waals surface area contributed by atoms with Crippen molar-refractivity contribution < 1.29 is 22.7 Å². The molecule has 0 radical (unpaired) electrons. The Morgan fingerprint density at radius 2 is 1.46 bits per heavy atom. The second kappa shape index (κ2) is 13.2. The van der Waals surface area contributed by atoms with Crippen LogP contribution in [0.5, 0.6) is 5.75 Å². The highest BCUT2D eigenvalue weighted by molar-refractivity contribution is 7.92. The average Bonchev–Trinajstić information content (AvgIpc) is 2.91. The number of anilines is 1. The van der Waals surface area contributed by atoms with Crippen LogP contribution in [0, 0.1) is 13.8 Å². The Morgan fingerprint density at radius 3 is 2.00 bits per heavy atom. The van der Waals surface area contributed by atoms with Crippen LogP contribution in [0.1, 0.15) is 50.8 Å². The molecule has 3 aromatic carbocycles. The molecule has 0 heterocycles. The van der Waals surface area contributed by atoms with Crippen molar-refractivity contribution in [1.82, 2.24) is 10.2 Å². The van der Waals surface area contributed by atoms with Gasteiger partial charge in [0.05, 0.1) is 17.7 Å². The average molecular weight is 580 g/mol. The number of nitrogens with zero attached hydrogens (tertiary/aromatic N) is 2. The van der Waals surface area contributed by atoms with E-state index in [2.05, 4.69) is 5.32 Å². The van der Waals surface area contributed by atoms with Gasteiger partial charge in [-0.1, -0.05) is 66.6 Å². The molecule has 0 bridgehead atoms. The van der Waals surface area contributed by atoms with E-state index in [9.17, 15) is 18.0 Å². The van der Waals surface area contributed by atoms with Gasteiger partial charge < -0.3 is 15.0 Å². The van der Waals surface area contributed by atoms with E-state index in [0.717, 1.165) is 21.0 Å². The zero-order valence-electron chi connectivity index (χ0n) is 25.0. The summed E-state index contributed by atoms with van der Waals surface area (Å²) in [5.74, 6) is -0.507. The molecule has 8 nitrogen and oxygen atoms in total. The molecule has 0 aliphatic heterocycles. The summed E-state index contributed by atoms with van der Waals surface area (Å²) >= 11 is 0. The van der Waals surface area contributed by atoms with Crippen LogP contribution in [0.15, 0.2) is 77.7 Å². The molecule has 3 aromatic rings. The minimum Gasteiger partial charge on any atom is -0.495 e. The number of hydrogen-bond acceptors (Lipinski definition) is 5. The summed E-state index contributed by atoms with van der Waals surface area (Å²) in [7, 11) is -2.74. The third-order valence-corrected chi connectivity index (χ3v) is 8.37. The van der Waals surface area contributed by atoms with Gasteiger partial charge in [-0.05, 0) is 70.9 Å². The predicted molar refractivity (Wildman–Crippen MR) is 162 cm³/mol. The van der Waals surface area contributed by atoms with Gasteiger partial charge in [0.25, 0.3) is 10.0 Å². The molecule has 1 N–H and O–H groups in total. The summed E-state index contributed by atoms with van der Waals surface area (Å²) in [5, 5.41) is 2.98. The number of aryl methyl sites for hydroxylation is 2. The molecule has 9 heteroatoms. The quantitative estimate of drug-likeness (QED) is 0.336. The molecule has 41 heavy (non-hydrogen) atoms. The first kappa shape index (κ1) is 31.7. The summed E-state index contributed by atoms with van der Waals surface area (Å²) in [4.78, 5) is 29.1. The molecule has 1 atom stereocenters. The van der Waals surface area contributed by atoms with Crippen LogP contribution >= 0.6 is 0 Å². The number of carbonyl (C=O) groups excluding carboxylic acids is 2. The third kappa shape index (κ3) is 8.10. The lowest BCUT2D eigenvalue weighted by Gasteiger charge is -2.35. The van der Waals surface area contributed by atoms with Crippen molar-refractivity contribution in [3.8, 4) is 5.75 Å². The minimum atomic E-state index is -4.19. The molecular formula is C32H41N3O5S. The van der Waals surface area contributed by atoms with Crippen LogP contribution < -0.4 is 14.4 Å². The molecule has 0 aromatic heterocycles. The number of methoxy groups -OCH3 is 1. The van der Waals surface area contributed by atoms with Crippen molar-refractivity contribution in [2.24, 2.45) is 0 Å². The molecular weight excluding hydrogens is 538 g/mol. The van der Waals surface area contributed by atoms with Gasteiger partial charge in [0, 0.05) is 12.1 Å². The monoisotopic (exact) mass is 579 g/mol. The van der Waals surface area contributed by atoms with Crippen LogP contribution in [-0.4, -0.2) is 50.4 Å². The Bertz CT molecular complexity index is 1450. The number of carbonyl (C=O) groups is 2. The van der Waals surface area contributed by atoms with E-state index in [0.29, 0.717) is 12.2 Å². The lowest BCUT2D eigenvalue weighted by atomic mass is 10.1. The van der Waals surface area contributed by atoms with E-state index < -0.39 is 34.1 Å². The molecule has 0 fully saturated rings. The highest BCUT2D eigenvalue weighted by Gasteiger charge is 2.35. The van der Waals surface area contributed by atoms with Crippen LogP contribution in [-0.2, 0) is 26.2 Å². The Morgan fingerprint density at radius 1 is 0.902 bits per heavy atom. The number of ether oxygens (including phenoxy) is 1. The maximum absolute atomic E-state index is 14.2. The first-order valence-corrected chi connectivity index (χ1v) is 15.1. The zero-order chi connectivity index (χ0) is 30.4. The van der Waals surface area contributed by atoms with Crippen molar-refractivity contribution in [2.45, 2.75) is 71.0 Å². The topological polar surface area (TPSA) is 96.0 Å². The largest absolute Gasteiger partial charge is 0.495 e. The molecule has 0 spiro atoms. The van der Waals surface area contributed by atoms with Crippen LogP contribution in [0.25, 0.3) is 0 Å². The van der Waals surface area contributed by atoms with Gasteiger partial charge >= 0.3 is 0 Å². The van der Waals surface area contributed by atoms with Crippen LogP contribution in [0.2, 0.25) is 0 Å². The van der Waals surface area contributed by atoms with Gasteiger partial charge in [0.2, 0.25) is 11.8 Å². The Labute approximate surface area is 244 Å². The lowest BCUT2D eigenvalue weighted by Crippen LogP contribution is -2.55. The van der Waals surface area contributed by atoms with E-state index >= 15 is 0 Å². The van der Waals surface area contributed by atoms with Crippen molar-refractivity contribution in [3.63, 3.8) is 0 Å². The van der Waals surface area contributed by atoms with E-state index in [-0.39, 0.29) is 23.0 Å². The molecule has 0 saturated carbocycles. The van der Waals surface area contributed by atoms with E-state index in [1.165, 1.54) is 24.1 Å². The summed E-state index contributed by atoms with van der Waals surface area (Å²) in [6.45, 7) is 10.9. The van der Waals surface area contributed by atoms with Crippen molar-refractivity contribution >= 4 is 27.5 Å². The third-order valence-electron chi connectivity index (χ3n) is 6.60. The van der Waals surface area contributed by atoms with Gasteiger partial charge in [-0.25, -0.2) is 8.42 Å². The fourth-order valence-corrected chi connectivity index (χ4v) is 5.87. The maximum atomic E-state index is 14.2. The number of benzene rings is 3. The zero-order valence-corrected chi connectivity index (χ0v) is 25.8. The predicted octanol–water partition coefficient (Wildman–Crippen LogP) is 5.23. The normalized spacial score (nSPS) is 12.4. The smallest absolute Gasteiger partial charge is 0.264 e. The molecule has 0 aliphatic rings. The fourth-order valence-electron chi connectivity index (χ4n) is 4.45. The SMILES string of the molecule is CCC(C(=O)NC(C)(C)C)N(Cc1ccc(C)cc1)C(=O)CN(c1ccccc1OC)S(=O)(=O)c1ccc(C)cc1. The number of rotatable bonds is 11. The number of hydrogen-bond donors (Lipinski definition) is 1. The highest BCUT2D eigenvalue weighted by Crippen LogP contribution is 2.32. The Balaban J connectivity index is 2.10. The van der Waals surface area contributed by atoms with Gasteiger partial charge in [-0.3, -0.25) is 13.9 Å². The van der Waals surface area contributed by atoms with Gasteiger partial charge in [-0.15, -0.1) is 0 Å². The Hall–Kier alpha value is -3.85. The summed E-state index contributed by atoms with van der Waals surface area (Å²) in [5.41, 5.74) is 2.52. The summed E-state index contributed by atoms with van der Waals surface area (Å²) < 4.78 is 34.7.